The van der Waals surface area contributed by atoms with E-state index in [4.69, 9.17) is 0 Å². The molecule has 0 atom stereocenters. The van der Waals surface area contributed by atoms with Crippen LogP contribution in [0.4, 0.5) is 5.69 Å². The van der Waals surface area contributed by atoms with Crippen LogP contribution in [0.2, 0.25) is 0 Å². The summed E-state index contributed by atoms with van der Waals surface area (Å²) in [5, 5.41) is 21.3. The van der Waals surface area contributed by atoms with Crippen molar-refractivity contribution in [3.63, 3.8) is 0 Å². The molecule has 0 saturated carbocycles. The Morgan fingerprint density at radius 3 is 2.67 bits per heavy atom. The first-order valence-corrected chi connectivity index (χ1v) is 4.94. The number of halogens is 1. The van der Waals surface area contributed by atoms with E-state index in [0.717, 1.165) is 4.47 Å². The van der Waals surface area contributed by atoms with Crippen LogP contribution in [0, 0.1) is 10.1 Å². The largest absolute Gasteiger partial charge is 0.502 e. The van der Waals surface area contributed by atoms with Crippen molar-refractivity contribution in [2.75, 3.05) is 0 Å². The predicted octanol–water partition coefficient (Wildman–Crippen LogP) is 3.22. The third-order valence-corrected chi connectivity index (χ3v) is 2.61. The molecule has 0 unspecified atom stereocenters. The highest BCUT2D eigenvalue weighted by Crippen LogP contribution is 2.35. The molecule has 0 amide bonds. The maximum Gasteiger partial charge on any atom is 0.318 e. The molecule has 0 spiro atoms. The van der Waals surface area contributed by atoms with E-state index in [-0.39, 0.29) is 11.4 Å². The molecule has 0 aliphatic heterocycles. The van der Waals surface area contributed by atoms with Crippen LogP contribution in [0.1, 0.15) is 0 Å². The third kappa shape index (κ3) is 1.66. The van der Waals surface area contributed by atoms with E-state index in [1.165, 1.54) is 6.07 Å². The third-order valence-electron chi connectivity index (χ3n) is 2.11. The number of nitro benzene ring substituents is 1. The van der Waals surface area contributed by atoms with Crippen molar-refractivity contribution in [2.45, 2.75) is 0 Å². The number of nitrogens with zero attached hydrogens (tertiary/aromatic N) is 1. The van der Waals surface area contributed by atoms with Crippen molar-refractivity contribution >= 4 is 32.4 Å². The van der Waals surface area contributed by atoms with E-state index < -0.39 is 4.92 Å². The highest BCUT2D eigenvalue weighted by atomic mass is 79.9. The minimum Gasteiger partial charge on any atom is -0.502 e. The summed E-state index contributed by atoms with van der Waals surface area (Å²) in [6, 6.07) is 8.04. The topological polar surface area (TPSA) is 63.4 Å². The van der Waals surface area contributed by atoms with Gasteiger partial charge in [-0.1, -0.05) is 22.0 Å². The van der Waals surface area contributed by atoms with E-state index in [1.54, 1.807) is 24.3 Å². The van der Waals surface area contributed by atoms with Gasteiger partial charge >= 0.3 is 5.69 Å². The molecular formula is C10H6BrNO3. The summed E-state index contributed by atoms with van der Waals surface area (Å²) < 4.78 is 0.843. The van der Waals surface area contributed by atoms with Crippen molar-refractivity contribution in [3.05, 3.63) is 44.9 Å². The molecule has 2 rings (SSSR count). The Morgan fingerprint density at radius 2 is 2.00 bits per heavy atom. The SMILES string of the molecule is O=[N+]([O-])c1c(O)ccc2cc(Br)ccc12. The van der Waals surface area contributed by atoms with Crippen LogP contribution < -0.4 is 0 Å². The molecule has 5 heteroatoms. The monoisotopic (exact) mass is 267 g/mol. The van der Waals surface area contributed by atoms with Crippen LogP contribution in [-0.4, -0.2) is 10.0 Å². The summed E-state index contributed by atoms with van der Waals surface area (Å²) in [7, 11) is 0. The Morgan fingerprint density at radius 1 is 1.27 bits per heavy atom. The maximum atomic E-state index is 10.8. The van der Waals surface area contributed by atoms with Crippen LogP contribution in [-0.2, 0) is 0 Å². The van der Waals surface area contributed by atoms with Gasteiger partial charge in [0.1, 0.15) is 0 Å². The molecule has 4 nitrogen and oxygen atoms in total. The minimum absolute atomic E-state index is 0.250. The van der Waals surface area contributed by atoms with Crippen molar-refractivity contribution in [2.24, 2.45) is 0 Å². The first-order chi connectivity index (χ1) is 7.09. The molecule has 76 valence electrons. The average Bonchev–Trinajstić information content (AvgIpc) is 2.17. The Kier molecular flexibility index (Phi) is 2.32. The van der Waals surface area contributed by atoms with Crippen LogP contribution in [0.25, 0.3) is 10.8 Å². The second kappa shape index (κ2) is 3.51. The van der Waals surface area contributed by atoms with Gasteiger partial charge in [0.05, 0.1) is 10.3 Å². The molecule has 0 fully saturated rings. The number of aromatic hydroxyl groups is 1. The first-order valence-electron chi connectivity index (χ1n) is 4.15. The van der Waals surface area contributed by atoms with Gasteiger partial charge in [0.2, 0.25) is 0 Å². The zero-order valence-corrected chi connectivity index (χ0v) is 9.06. The number of rotatable bonds is 1. The van der Waals surface area contributed by atoms with E-state index in [9.17, 15) is 15.2 Å². The van der Waals surface area contributed by atoms with Crippen LogP contribution in [0.5, 0.6) is 5.75 Å². The van der Waals surface area contributed by atoms with Gasteiger partial charge in [-0.2, -0.15) is 0 Å². The quantitative estimate of drug-likeness (QED) is 0.638. The number of hydrogen-bond donors (Lipinski definition) is 1. The summed E-state index contributed by atoms with van der Waals surface area (Å²) in [5.74, 6) is -0.310. The standard InChI is InChI=1S/C10H6BrNO3/c11-7-2-3-8-6(5-7)1-4-9(13)10(8)12(14)15/h1-5,13H. The molecule has 2 aromatic rings. The number of phenolic OH excluding ortho intramolecular Hbond substituents is 1. The van der Waals surface area contributed by atoms with Crippen molar-refractivity contribution in [1.29, 1.82) is 0 Å². The fourth-order valence-electron chi connectivity index (χ4n) is 1.46. The van der Waals surface area contributed by atoms with Crippen LogP contribution in [0.15, 0.2) is 34.8 Å². The summed E-state index contributed by atoms with van der Waals surface area (Å²) >= 11 is 3.28. The van der Waals surface area contributed by atoms with Crippen LogP contribution >= 0.6 is 15.9 Å². The maximum absolute atomic E-state index is 10.8. The lowest BCUT2D eigenvalue weighted by Gasteiger charge is -2.01. The van der Waals surface area contributed by atoms with Gasteiger partial charge in [-0.3, -0.25) is 10.1 Å². The highest BCUT2D eigenvalue weighted by Gasteiger charge is 2.17. The van der Waals surface area contributed by atoms with Gasteiger partial charge in [-0.15, -0.1) is 0 Å². The molecule has 0 radical (unpaired) electrons. The summed E-state index contributed by atoms with van der Waals surface area (Å²) in [6.45, 7) is 0. The Balaban J connectivity index is 2.88. The van der Waals surface area contributed by atoms with Crippen molar-refractivity contribution in [3.8, 4) is 5.75 Å². The van der Waals surface area contributed by atoms with Crippen molar-refractivity contribution in [1.82, 2.24) is 0 Å². The molecule has 0 aliphatic carbocycles. The summed E-state index contributed by atoms with van der Waals surface area (Å²) in [4.78, 5) is 10.2. The number of fused-ring (bicyclic) bond motifs is 1. The van der Waals surface area contributed by atoms with E-state index >= 15 is 0 Å². The molecule has 1 N–H and O–H groups in total. The zero-order valence-electron chi connectivity index (χ0n) is 7.48. The number of phenols is 1. The lowest BCUT2D eigenvalue weighted by atomic mass is 10.1. The lowest BCUT2D eigenvalue weighted by Crippen LogP contribution is -1.90. The van der Waals surface area contributed by atoms with E-state index in [2.05, 4.69) is 15.9 Å². The second-order valence-electron chi connectivity index (χ2n) is 3.06. The fraction of sp³-hybridized carbons (Fsp3) is 0. The Hall–Kier alpha value is -1.62. The Bertz CT molecular complexity index is 554. The van der Waals surface area contributed by atoms with Crippen LogP contribution in [0.3, 0.4) is 0 Å². The van der Waals surface area contributed by atoms with E-state index in [0.29, 0.717) is 10.8 Å². The van der Waals surface area contributed by atoms with E-state index in [1.807, 2.05) is 0 Å². The van der Waals surface area contributed by atoms with Gasteiger partial charge in [-0.05, 0) is 29.7 Å². The van der Waals surface area contributed by atoms with Gasteiger partial charge in [0.15, 0.2) is 5.75 Å². The lowest BCUT2D eigenvalue weighted by molar-refractivity contribution is -0.384. The minimum atomic E-state index is -0.578. The van der Waals surface area contributed by atoms with Gasteiger partial charge < -0.3 is 5.11 Å². The smallest absolute Gasteiger partial charge is 0.318 e. The highest BCUT2D eigenvalue weighted by molar-refractivity contribution is 9.10. The molecule has 15 heavy (non-hydrogen) atoms. The first kappa shape index (κ1) is 9.92. The predicted molar refractivity (Wildman–Crippen MR) is 60.0 cm³/mol. The number of hydrogen-bond acceptors (Lipinski definition) is 3. The van der Waals surface area contributed by atoms with Crippen molar-refractivity contribution < 1.29 is 10.0 Å². The van der Waals surface area contributed by atoms with Gasteiger partial charge in [-0.25, -0.2) is 0 Å². The molecule has 0 aromatic heterocycles. The molecular weight excluding hydrogens is 262 g/mol. The molecule has 0 aliphatic rings. The Labute approximate surface area is 93.4 Å². The summed E-state index contributed by atoms with van der Waals surface area (Å²) in [5.41, 5.74) is -0.250. The number of nitro groups is 1. The number of benzene rings is 2. The molecule has 0 bridgehead atoms. The molecule has 0 heterocycles. The fourth-order valence-corrected chi connectivity index (χ4v) is 1.84. The molecule has 0 saturated heterocycles. The second-order valence-corrected chi connectivity index (χ2v) is 3.97. The average molecular weight is 268 g/mol. The molecule has 2 aromatic carbocycles. The normalized spacial score (nSPS) is 10.5. The zero-order chi connectivity index (χ0) is 11.0. The van der Waals surface area contributed by atoms with Gasteiger partial charge in [0.25, 0.3) is 0 Å². The van der Waals surface area contributed by atoms with Gasteiger partial charge in [0, 0.05) is 4.47 Å². The summed E-state index contributed by atoms with van der Waals surface area (Å²) in [6.07, 6.45) is 0.